The van der Waals surface area contributed by atoms with Crippen molar-refractivity contribution in [3.05, 3.63) is 47.0 Å². The number of aliphatic carboxylic acids is 1. The molecule has 0 bridgehead atoms. The first-order valence-corrected chi connectivity index (χ1v) is 11.3. The Morgan fingerprint density at radius 2 is 2.21 bits per heavy atom. The molecule has 2 aromatic heterocycles. The normalized spacial score (nSPS) is 21.0. The molecular weight excluding hydrogens is 459 g/mol. The zero-order valence-electron chi connectivity index (χ0n) is 17.3. The van der Waals surface area contributed by atoms with Crippen molar-refractivity contribution in [1.82, 2.24) is 24.6 Å². The number of nitrogen functional groups attached to an aromatic ring is 1. The Balaban J connectivity index is 1.45. The molecule has 1 aliphatic rings. The number of fused-ring (bicyclic) bond motifs is 1. The quantitative estimate of drug-likeness (QED) is 0.316. The molecule has 4 rings (SSSR count). The van der Waals surface area contributed by atoms with E-state index >= 15 is 0 Å². The molecule has 0 saturated carbocycles. The first-order valence-electron chi connectivity index (χ1n) is 9.73. The number of rotatable bonds is 9. The number of benzene rings is 1. The molecule has 14 nitrogen and oxygen atoms in total. The first-order chi connectivity index (χ1) is 15.7. The number of aromatic nitrogens is 4. The summed E-state index contributed by atoms with van der Waals surface area (Å²) in [7, 11) is -4.12. The Kier molecular flexibility index (Phi) is 6.44. The molecule has 3 heterocycles. The van der Waals surface area contributed by atoms with E-state index in [0.717, 1.165) is 0 Å². The minimum absolute atomic E-state index is 0.0523. The topological polar surface area (TPSA) is 193 Å². The molecule has 1 saturated heterocycles. The van der Waals surface area contributed by atoms with E-state index < -0.39 is 37.8 Å². The Hall–Kier alpha value is -3.29. The zero-order chi connectivity index (χ0) is 23.6. The molecule has 5 N–H and O–H groups in total. The highest BCUT2D eigenvalue weighted by atomic mass is 31.2. The lowest BCUT2D eigenvalue weighted by atomic mass is 10.3. The molecule has 0 radical (unpaired) electrons. The van der Waals surface area contributed by atoms with E-state index in [1.54, 1.807) is 30.3 Å². The van der Waals surface area contributed by atoms with E-state index in [4.69, 9.17) is 29.4 Å². The largest absolute Gasteiger partial charge is 0.480 e. The van der Waals surface area contributed by atoms with Crippen molar-refractivity contribution >= 4 is 30.8 Å². The van der Waals surface area contributed by atoms with Gasteiger partial charge in [0.25, 0.3) is 5.56 Å². The summed E-state index contributed by atoms with van der Waals surface area (Å²) in [5.41, 5.74) is 5.41. The van der Waals surface area contributed by atoms with Crippen molar-refractivity contribution < 1.29 is 33.0 Å². The molecule has 1 fully saturated rings. The Labute approximate surface area is 186 Å². The van der Waals surface area contributed by atoms with Gasteiger partial charge in [-0.1, -0.05) is 18.2 Å². The van der Waals surface area contributed by atoms with Crippen LogP contribution in [0.3, 0.4) is 0 Å². The summed E-state index contributed by atoms with van der Waals surface area (Å²) in [6.45, 7) is 1.01. The average Bonchev–Trinajstić information content (AvgIpc) is 3.40. The van der Waals surface area contributed by atoms with Gasteiger partial charge in [-0.05, 0) is 19.1 Å². The summed E-state index contributed by atoms with van der Waals surface area (Å²) in [5, 5.41) is 11.5. The number of para-hydroxylation sites is 1. The van der Waals surface area contributed by atoms with E-state index in [1.165, 1.54) is 17.8 Å². The number of nitrogens with two attached hydrogens (primary N) is 1. The molecule has 3 aromatic rings. The van der Waals surface area contributed by atoms with Crippen LogP contribution in [0.1, 0.15) is 13.2 Å². The van der Waals surface area contributed by atoms with Crippen molar-refractivity contribution in [2.45, 2.75) is 25.5 Å². The number of hydrogen-bond donors (Lipinski definition) is 4. The summed E-state index contributed by atoms with van der Waals surface area (Å²) in [5.74, 6) is -1.10. The van der Waals surface area contributed by atoms with Gasteiger partial charge in [0.1, 0.15) is 18.4 Å². The van der Waals surface area contributed by atoms with Crippen molar-refractivity contribution in [2.75, 3.05) is 18.9 Å². The minimum atomic E-state index is -4.12. The molecule has 0 spiro atoms. The van der Waals surface area contributed by atoms with Crippen LogP contribution in [0.15, 0.2) is 41.5 Å². The molecule has 0 amide bonds. The monoisotopic (exact) mass is 480 g/mol. The second-order valence-electron chi connectivity index (χ2n) is 7.02. The minimum Gasteiger partial charge on any atom is -0.480 e. The van der Waals surface area contributed by atoms with Crippen LogP contribution in [-0.2, 0) is 23.4 Å². The third-order valence-electron chi connectivity index (χ3n) is 4.57. The predicted molar refractivity (Wildman–Crippen MR) is 113 cm³/mol. The number of H-pyrrole nitrogens is 1. The fourth-order valence-electron chi connectivity index (χ4n) is 2.99. The highest BCUT2D eigenvalue weighted by Gasteiger charge is 2.35. The Morgan fingerprint density at radius 1 is 1.45 bits per heavy atom. The van der Waals surface area contributed by atoms with E-state index in [0.29, 0.717) is 0 Å². The number of aromatic amines is 1. The molecule has 0 aliphatic carbocycles. The van der Waals surface area contributed by atoms with Crippen LogP contribution in [0.2, 0.25) is 0 Å². The average molecular weight is 480 g/mol. The third kappa shape index (κ3) is 5.21. The molecule has 33 heavy (non-hydrogen) atoms. The maximum atomic E-state index is 13.2. The van der Waals surface area contributed by atoms with Crippen LogP contribution in [0.25, 0.3) is 11.2 Å². The standard InChI is InChI=1S/C18H21N6O8P/c1-10(17(26)27)23-33(28,32-11-5-3-2-4-6-11)30-8-13-29-7-12(31-13)24-9-20-14-15(24)21-18(19)22-16(14)25/h2-6,9-10,12-13H,7-8H2,1H3,(H,23,28)(H,26,27)(H3,19,21,22,25)/t10?,12-,13-,33?/m1/s1. The highest BCUT2D eigenvalue weighted by Crippen LogP contribution is 2.45. The van der Waals surface area contributed by atoms with Crippen LogP contribution in [-0.4, -0.2) is 56.1 Å². The lowest BCUT2D eigenvalue weighted by molar-refractivity contribution is -0.138. The van der Waals surface area contributed by atoms with Crippen LogP contribution < -0.4 is 20.9 Å². The van der Waals surface area contributed by atoms with Gasteiger partial charge in [-0.2, -0.15) is 10.1 Å². The van der Waals surface area contributed by atoms with Gasteiger partial charge in [0.15, 0.2) is 23.7 Å². The summed E-state index contributed by atoms with van der Waals surface area (Å²) in [4.78, 5) is 33.6. The Morgan fingerprint density at radius 3 is 2.94 bits per heavy atom. The molecule has 15 heteroatoms. The van der Waals surface area contributed by atoms with Crippen LogP contribution in [0.5, 0.6) is 5.75 Å². The van der Waals surface area contributed by atoms with Crippen molar-refractivity contribution in [3.63, 3.8) is 0 Å². The van der Waals surface area contributed by atoms with E-state index in [1.807, 2.05) is 0 Å². The SMILES string of the molecule is CC(NP(=O)(OC[C@@H]1OC[C@H](n2cnc3c(=O)[nH]c(N)nc32)O1)Oc1ccccc1)C(=O)O. The highest BCUT2D eigenvalue weighted by molar-refractivity contribution is 7.52. The Bertz CT molecular complexity index is 1250. The summed E-state index contributed by atoms with van der Waals surface area (Å²) in [6, 6.07) is 6.94. The van der Waals surface area contributed by atoms with Gasteiger partial charge in [-0.15, -0.1) is 0 Å². The predicted octanol–water partition coefficient (Wildman–Crippen LogP) is 0.840. The van der Waals surface area contributed by atoms with Crippen molar-refractivity contribution in [3.8, 4) is 5.75 Å². The number of ether oxygens (including phenoxy) is 2. The third-order valence-corrected chi connectivity index (χ3v) is 6.21. The number of carboxylic acids is 1. The van der Waals surface area contributed by atoms with Crippen LogP contribution >= 0.6 is 7.75 Å². The number of nitrogens with one attached hydrogen (secondary N) is 2. The summed E-state index contributed by atoms with van der Waals surface area (Å²) < 4.78 is 36.8. The van der Waals surface area contributed by atoms with Gasteiger partial charge in [-0.3, -0.25) is 23.7 Å². The summed E-state index contributed by atoms with van der Waals surface area (Å²) in [6.07, 6.45) is -0.317. The number of carboxylic acid groups (broad SMARTS) is 1. The van der Waals surface area contributed by atoms with Gasteiger partial charge in [-0.25, -0.2) is 9.55 Å². The van der Waals surface area contributed by atoms with Crippen molar-refractivity contribution in [1.29, 1.82) is 0 Å². The molecular formula is C18H21N6O8P. The van der Waals surface area contributed by atoms with Gasteiger partial charge in [0.05, 0.1) is 12.9 Å². The van der Waals surface area contributed by atoms with Crippen LogP contribution in [0.4, 0.5) is 5.95 Å². The fraction of sp³-hybridized carbons (Fsp3) is 0.333. The van der Waals surface area contributed by atoms with E-state index in [2.05, 4.69) is 20.0 Å². The maximum absolute atomic E-state index is 13.2. The second kappa shape index (κ2) is 9.29. The van der Waals surface area contributed by atoms with Gasteiger partial charge < -0.3 is 24.8 Å². The molecule has 4 atom stereocenters. The lowest BCUT2D eigenvalue weighted by Gasteiger charge is -2.23. The maximum Gasteiger partial charge on any atom is 0.459 e. The molecule has 1 aromatic carbocycles. The number of nitrogens with zero attached hydrogens (tertiary/aromatic N) is 3. The first kappa shape index (κ1) is 22.9. The van der Waals surface area contributed by atoms with Gasteiger partial charge in [0.2, 0.25) is 5.95 Å². The van der Waals surface area contributed by atoms with Crippen molar-refractivity contribution in [2.24, 2.45) is 0 Å². The van der Waals surface area contributed by atoms with E-state index in [9.17, 15) is 14.2 Å². The number of anilines is 1. The molecule has 176 valence electrons. The van der Waals surface area contributed by atoms with E-state index in [-0.39, 0.29) is 36.1 Å². The number of carbonyl (C=O) groups is 1. The smallest absolute Gasteiger partial charge is 0.459 e. The second-order valence-corrected chi connectivity index (χ2v) is 8.71. The van der Waals surface area contributed by atoms with Gasteiger partial charge >= 0.3 is 13.7 Å². The van der Waals surface area contributed by atoms with Gasteiger partial charge in [0, 0.05) is 0 Å². The van der Waals surface area contributed by atoms with Crippen LogP contribution in [0, 0.1) is 0 Å². The molecule has 1 aliphatic heterocycles. The summed E-state index contributed by atoms with van der Waals surface area (Å²) >= 11 is 0. The zero-order valence-corrected chi connectivity index (χ0v) is 18.2. The number of hydrogen-bond acceptors (Lipinski definition) is 10. The number of imidazole rings is 1. The fourth-order valence-corrected chi connectivity index (χ4v) is 4.47. The molecule has 2 unspecified atom stereocenters. The lowest BCUT2D eigenvalue weighted by Crippen LogP contribution is -2.34.